The molecule has 1 amide bonds. The summed E-state index contributed by atoms with van der Waals surface area (Å²) in [5.41, 5.74) is 0. The predicted octanol–water partition coefficient (Wildman–Crippen LogP) is 1.06. The van der Waals surface area contributed by atoms with Crippen molar-refractivity contribution in [3.8, 4) is 0 Å². The van der Waals surface area contributed by atoms with Gasteiger partial charge in [-0.25, -0.2) is 0 Å². The SMILES string of the molecule is CC1CN(C(=O)C2CC2C(=O)O)CC(C)S1. The molecule has 4 nitrogen and oxygen atoms in total. The van der Waals surface area contributed by atoms with Gasteiger partial charge in [-0.05, 0) is 6.42 Å². The van der Waals surface area contributed by atoms with Gasteiger partial charge in [0.25, 0.3) is 0 Å². The normalized spacial score (nSPS) is 38.2. The van der Waals surface area contributed by atoms with Crippen LogP contribution in [0.15, 0.2) is 0 Å². The van der Waals surface area contributed by atoms with Crippen LogP contribution in [0.25, 0.3) is 0 Å². The molecule has 0 radical (unpaired) electrons. The fraction of sp³-hybridized carbons (Fsp3) is 0.818. The van der Waals surface area contributed by atoms with Gasteiger partial charge in [-0.1, -0.05) is 13.8 Å². The van der Waals surface area contributed by atoms with Crippen LogP contribution in [0.2, 0.25) is 0 Å². The molecule has 0 aromatic heterocycles. The van der Waals surface area contributed by atoms with Crippen LogP contribution in [0.5, 0.6) is 0 Å². The quantitative estimate of drug-likeness (QED) is 0.788. The smallest absolute Gasteiger partial charge is 0.307 e. The first-order chi connectivity index (χ1) is 7.49. The Balaban J connectivity index is 1.93. The second kappa shape index (κ2) is 4.28. The molecule has 0 aromatic carbocycles. The molecule has 1 aliphatic heterocycles. The van der Waals surface area contributed by atoms with Crippen molar-refractivity contribution in [3.05, 3.63) is 0 Å². The van der Waals surface area contributed by atoms with Crippen LogP contribution in [0, 0.1) is 11.8 Å². The van der Waals surface area contributed by atoms with Crippen LogP contribution < -0.4 is 0 Å². The van der Waals surface area contributed by atoms with Crippen molar-refractivity contribution >= 4 is 23.6 Å². The summed E-state index contributed by atoms with van der Waals surface area (Å²) in [6, 6.07) is 0. The number of nitrogens with zero attached hydrogens (tertiary/aromatic N) is 1. The fourth-order valence-electron chi connectivity index (χ4n) is 2.33. The zero-order chi connectivity index (χ0) is 11.9. The molecule has 1 aliphatic carbocycles. The number of hydrogen-bond donors (Lipinski definition) is 1. The molecule has 1 saturated carbocycles. The average molecular weight is 243 g/mol. The maximum absolute atomic E-state index is 12.0. The molecule has 1 heterocycles. The lowest BCUT2D eigenvalue weighted by Gasteiger charge is -2.34. The molecular weight excluding hydrogens is 226 g/mol. The van der Waals surface area contributed by atoms with Crippen LogP contribution >= 0.6 is 11.8 Å². The topological polar surface area (TPSA) is 57.6 Å². The first-order valence-electron chi connectivity index (χ1n) is 5.66. The lowest BCUT2D eigenvalue weighted by Crippen LogP contribution is -2.45. The van der Waals surface area contributed by atoms with E-state index in [0.29, 0.717) is 16.9 Å². The standard InChI is InChI=1S/C11H17NO3S/c1-6-4-12(5-7(2)16-6)10(13)8-3-9(8)11(14)15/h6-9H,3-5H2,1-2H3,(H,14,15). The number of amides is 1. The monoisotopic (exact) mass is 243 g/mol. The zero-order valence-electron chi connectivity index (χ0n) is 9.55. The minimum atomic E-state index is -0.828. The zero-order valence-corrected chi connectivity index (χ0v) is 10.4. The van der Waals surface area contributed by atoms with E-state index in [0.717, 1.165) is 13.1 Å². The van der Waals surface area contributed by atoms with Gasteiger partial charge in [-0.2, -0.15) is 11.8 Å². The molecule has 90 valence electrons. The fourth-order valence-corrected chi connectivity index (χ4v) is 3.66. The van der Waals surface area contributed by atoms with Crippen LogP contribution in [0.3, 0.4) is 0 Å². The van der Waals surface area contributed by atoms with E-state index in [1.807, 2.05) is 16.7 Å². The van der Waals surface area contributed by atoms with E-state index in [4.69, 9.17) is 5.11 Å². The van der Waals surface area contributed by atoms with E-state index in [1.54, 1.807) is 0 Å². The molecule has 1 saturated heterocycles. The highest BCUT2D eigenvalue weighted by Gasteiger charge is 2.50. The number of hydrogen-bond acceptors (Lipinski definition) is 3. The molecule has 2 aliphatic rings. The van der Waals surface area contributed by atoms with Gasteiger partial charge in [-0.15, -0.1) is 0 Å². The number of carbonyl (C=O) groups is 2. The molecule has 16 heavy (non-hydrogen) atoms. The molecule has 5 heteroatoms. The lowest BCUT2D eigenvalue weighted by molar-refractivity contribution is -0.142. The molecule has 0 bridgehead atoms. The highest BCUT2D eigenvalue weighted by Crippen LogP contribution is 2.41. The summed E-state index contributed by atoms with van der Waals surface area (Å²) < 4.78 is 0. The van der Waals surface area contributed by atoms with E-state index >= 15 is 0 Å². The Bertz CT molecular complexity index is 310. The largest absolute Gasteiger partial charge is 0.481 e. The lowest BCUT2D eigenvalue weighted by atomic mass is 10.2. The first-order valence-corrected chi connectivity index (χ1v) is 6.60. The molecule has 2 fully saturated rings. The Hall–Kier alpha value is -0.710. The van der Waals surface area contributed by atoms with Crippen LogP contribution in [-0.2, 0) is 9.59 Å². The van der Waals surface area contributed by atoms with Crippen molar-refractivity contribution in [2.75, 3.05) is 13.1 Å². The molecule has 2 rings (SSSR count). The van der Waals surface area contributed by atoms with E-state index in [9.17, 15) is 9.59 Å². The van der Waals surface area contributed by atoms with Crippen molar-refractivity contribution in [2.45, 2.75) is 30.8 Å². The number of thioether (sulfide) groups is 1. The van der Waals surface area contributed by atoms with Gasteiger partial charge in [0.1, 0.15) is 0 Å². The Kier molecular flexibility index (Phi) is 3.15. The minimum Gasteiger partial charge on any atom is -0.481 e. The van der Waals surface area contributed by atoms with Crippen molar-refractivity contribution in [3.63, 3.8) is 0 Å². The highest BCUT2D eigenvalue weighted by atomic mass is 32.2. The Morgan fingerprint density at radius 3 is 2.19 bits per heavy atom. The third-order valence-corrected chi connectivity index (χ3v) is 4.38. The summed E-state index contributed by atoms with van der Waals surface area (Å²) in [5.74, 6) is -1.45. The molecule has 0 aromatic rings. The van der Waals surface area contributed by atoms with Gasteiger partial charge >= 0.3 is 5.97 Å². The van der Waals surface area contributed by atoms with Crippen molar-refractivity contribution in [1.29, 1.82) is 0 Å². The van der Waals surface area contributed by atoms with Crippen molar-refractivity contribution in [1.82, 2.24) is 4.90 Å². The van der Waals surface area contributed by atoms with Crippen molar-refractivity contribution in [2.24, 2.45) is 11.8 Å². The van der Waals surface area contributed by atoms with Gasteiger partial charge in [-0.3, -0.25) is 9.59 Å². The van der Waals surface area contributed by atoms with Gasteiger partial charge in [0.05, 0.1) is 11.8 Å². The second-order valence-corrected chi connectivity index (χ2v) is 6.67. The molecule has 4 unspecified atom stereocenters. The van der Waals surface area contributed by atoms with E-state index in [2.05, 4.69) is 13.8 Å². The number of rotatable bonds is 2. The van der Waals surface area contributed by atoms with E-state index in [1.165, 1.54) is 0 Å². The molecule has 1 N–H and O–H groups in total. The van der Waals surface area contributed by atoms with Crippen molar-refractivity contribution < 1.29 is 14.7 Å². The van der Waals surface area contributed by atoms with Gasteiger partial charge in [0, 0.05) is 23.6 Å². The Morgan fingerprint density at radius 2 is 1.75 bits per heavy atom. The van der Waals surface area contributed by atoms with Gasteiger partial charge in [0.2, 0.25) is 5.91 Å². The highest BCUT2D eigenvalue weighted by molar-refractivity contribution is 8.00. The Morgan fingerprint density at radius 1 is 1.19 bits per heavy atom. The van der Waals surface area contributed by atoms with Crippen LogP contribution in [0.4, 0.5) is 0 Å². The number of aliphatic carboxylic acids is 1. The average Bonchev–Trinajstić information content (AvgIpc) is 2.94. The number of carbonyl (C=O) groups excluding carboxylic acids is 1. The Labute approximate surface area is 99.4 Å². The van der Waals surface area contributed by atoms with E-state index in [-0.39, 0.29) is 11.8 Å². The summed E-state index contributed by atoms with van der Waals surface area (Å²) in [6.07, 6.45) is 0.528. The summed E-state index contributed by atoms with van der Waals surface area (Å²) in [6.45, 7) is 5.75. The summed E-state index contributed by atoms with van der Waals surface area (Å²) in [7, 11) is 0. The third-order valence-electron chi connectivity index (χ3n) is 3.16. The maximum atomic E-state index is 12.0. The molecular formula is C11H17NO3S. The number of carboxylic acids is 1. The number of carboxylic acid groups (broad SMARTS) is 1. The van der Waals surface area contributed by atoms with E-state index < -0.39 is 11.9 Å². The summed E-state index contributed by atoms with van der Waals surface area (Å²) in [4.78, 5) is 24.6. The first kappa shape index (κ1) is 11.8. The minimum absolute atomic E-state index is 0.0476. The van der Waals surface area contributed by atoms with Gasteiger partial charge < -0.3 is 10.0 Å². The second-order valence-electron chi connectivity index (χ2n) is 4.79. The van der Waals surface area contributed by atoms with Crippen LogP contribution in [-0.4, -0.2) is 45.5 Å². The third kappa shape index (κ3) is 2.34. The maximum Gasteiger partial charge on any atom is 0.307 e. The molecule has 4 atom stereocenters. The molecule has 0 spiro atoms. The van der Waals surface area contributed by atoms with Crippen LogP contribution in [0.1, 0.15) is 20.3 Å². The summed E-state index contributed by atoms with van der Waals surface area (Å²) in [5, 5.41) is 9.71. The summed E-state index contributed by atoms with van der Waals surface area (Å²) >= 11 is 1.89. The predicted molar refractivity (Wildman–Crippen MR) is 62.3 cm³/mol. The van der Waals surface area contributed by atoms with Gasteiger partial charge in [0.15, 0.2) is 0 Å².